The summed E-state index contributed by atoms with van der Waals surface area (Å²) in [5.41, 5.74) is 3.15. The van der Waals surface area contributed by atoms with Crippen LogP contribution >= 0.6 is 11.3 Å². The van der Waals surface area contributed by atoms with Gasteiger partial charge in [-0.2, -0.15) is 0 Å². The second-order valence-electron chi connectivity index (χ2n) is 6.65. The summed E-state index contributed by atoms with van der Waals surface area (Å²) in [5, 5.41) is 5.77. The SMILES string of the molecule is COc1ccc(N2CCN(c3nn4cc(-c5cccnc5)nc4s3)CC2)cc1. The van der Waals surface area contributed by atoms with E-state index in [9.17, 15) is 0 Å². The van der Waals surface area contributed by atoms with E-state index < -0.39 is 0 Å². The molecule has 0 unspecified atom stereocenters. The van der Waals surface area contributed by atoms with E-state index in [4.69, 9.17) is 14.8 Å². The highest BCUT2D eigenvalue weighted by Crippen LogP contribution is 2.28. The Labute approximate surface area is 166 Å². The maximum Gasteiger partial charge on any atom is 0.214 e. The van der Waals surface area contributed by atoms with E-state index in [2.05, 4.69) is 26.9 Å². The number of fused-ring (bicyclic) bond motifs is 1. The van der Waals surface area contributed by atoms with E-state index in [1.165, 1.54) is 5.69 Å². The maximum atomic E-state index is 5.24. The molecule has 1 aliphatic rings. The van der Waals surface area contributed by atoms with Gasteiger partial charge in [-0.15, -0.1) is 5.10 Å². The number of nitrogens with zero attached hydrogens (tertiary/aromatic N) is 6. The van der Waals surface area contributed by atoms with Gasteiger partial charge in [-0.05, 0) is 36.4 Å². The first kappa shape index (κ1) is 17.0. The van der Waals surface area contributed by atoms with Crippen molar-refractivity contribution in [3.8, 4) is 17.0 Å². The molecular weight excluding hydrogens is 372 g/mol. The highest BCUT2D eigenvalue weighted by atomic mass is 32.1. The van der Waals surface area contributed by atoms with Crippen LogP contribution in [-0.4, -0.2) is 52.9 Å². The molecular formula is C20H20N6OS. The van der Waals surface area contributed by atoms with Crippen molar-refractivity contribution in [1.82, 2.24) is 19.6 Å². The van der Waals surface area contributed by atoms with Crippen LogP contribution in [0.25, 0.3) is 16.2 Å². The molecule has 0 aliphatic carbocycles. The Morgan fingerprint density at radius 2 is 1.79 bits per heavy atom. The monoisotopic (exact) mass is 392 g/mol. The van der Waals surface area contributed by atoms with Crippen molar-refractivity contribution in [2.75, 3.05) is 43.1 Å². The number of methoxy groups -OCH3 is 1. The van der Waals surface area contributed by atoms with Crippen LogP contribution in [-0.2, 0) is 0 Å². The average molecular weight is 392 g/mol. The summed E-state index contributed by atoms with van der Waals surface area (Å²) < 4.78 is 7.12. The third-order valence-electron chi connectivity index (χ3n) is 4.98. The minimum absolute atomic E-state index is 0.888. The second-order valence-corrected chi connectivity index (χ2v) is 7.59. The Balaban J connectivity index is 1.28. The van der Waals surface area contributed by atoms with Crippen molar-refractivity contribution >= 4 is 27.1 Å². The quantitative estimate of drug-likeness (QED) is 0.532. The Kier molecular flexibility index (Phi) is 4.32. The van der Waals surface area contributed by atoms with E-state index in [0.717, 1.165) is 53.3 Å². The standard InChI is InChI=1S/C20H20N6OS/c1-27-17-6-4-16(5-7-17)24-9-11-25(12-10-24)20-23-26-14-18(22-19(26)28-20)15-3-2-8-21-13-15/h2-8,13-14H,9-12H2,1H3. The number of ether oxygens (including phenoxy) is 1. The largest absolute Gasteiger partial charge is 0.497 e. The normalized spacial score (nSPS) is 14.6. The van der Waals surface area contributed by atoms with E-state index in [1.54, 1.807) is 24.6 Å². The molecule has 5 rings (SSSR count). The van der Waals surface area contributed by atoms with Gasteiger partial charge in [0.1, 0.15) is 5.75 Å². The number of imidazole rings is 1. The first-order chi connectivity index (χ1) is 13.8. The van der Waals surface area contributed by atoms with Gasteiger partial charge in [0.2, 0.25) is 10.1 Å². The third kappa shape index (κ3) is 3.16. The summed E-state index contributed by atoms with van der Waals surface area (Å²) in [4.78, 5) is 14.5. The molecule has 1 fully saturated rings. The molecule has 1 aromatic carbocycles. The Morgan fingerprint density at radius 1 is 1.00 bits per heavy atom. The van der Waals surface area contributed by atoms with E-state index >= 15 is 0 Å². The van der Waals surface area contributed by atoms with Crippen molar-refractivity contribution in [2.24, 2.45) is 0 Å². The lowest BCUT2D eigenvalue weighted by Gasteiger charge is -2.35. The van der Waals surface area contributed by atoms with Gasteiger partial charge in [-0.3, -0.25) is 4.98 Å². The van der Waals surface area contributed by atoms with Crippen LogP contribution < -0.4 is 14.5 Å². The number of benzene rings is 1. The Hall–Kier alpha value is -3.13. The van der Waals surface area contributed by atoms with Gasteiger partial charge in [-0.25, -0.2) is 9.50 Å². The van der Waals surface area contributed by atoms with Crippen molar-refractivity contribution in [2.45, 2.75) is 0 Å². The number of hydrogen-bond donors (Lipinski definition) is 0. The lowest BCUT2D eigenvalue weighted by molar-refractivity contribution is 0.415. The zero-order valence-electron chi connectivity index (χ0n) is 15.5. The summed E-state index contributed by atoms with van der Waals surface area (Å²) in [6, 6.07) is 12.2. The molecule has 28 heavy (non-hydrogen) atoms. The Morgan fingerprint density at radius 3 is 2.46 bits per heavy atom. The Bertz CT molecular complexity index is 1040. The van der Waals surface area contributed by atoms with E-state index in [1.807, 2.05) is 41.2 Å². The molecule has 3 aromatic heterocycles. The summed E-state index contributed by atoms with van der Waals surface area (Å²) in [6.07, 6.45) is 5.57. The summed E-state index contributed by atoms with van der Waals surface area (Å²) in [6.45, 7) is 3.82. The van der Waals surface area contributed by atoms with Gasteiger partial charge in [0.15, 0.2) is 0 Å². The molecule has 142 valence electrons. The fourth-order valence-corrected chi connectivity index (χ4v) is 4.35. The highest BCUT2D eigenvalue weighted by molar-refractivity contribution is 7.20. The number of hydrogen-bond acceptors (Lipinski definition) is 7. The van der Waals surface area contributed by atoms with Gasteiger partial charge in [-0.1, -0.05) is 11.3 Å². The molecule has 1 saturated heterocycles. The number of aromatic nitrogens is 4. The van der Waals surface area contributed by atoms with Gasteiger partial charge in [0.25, 0.3) is 0 Å². The fraction of sp³-hybridized carbons (Fsp3) is 0.250. The number of pyridine rings is 1. The molecule has 0 saturated carbocycles. The molecule has 0 atom stereocenters. The topological polar surface area (TPSA) is 58.8 Å². The zero-order valence-corrected chi connectivity index (χ0v) is 16.3. The molecule has 0 amide bonds. The minimum Gasteiger partial charge on any atom is -0.497 e. The lowest BCUT2D eigenvalue weighted by atomic mass is 10.2. The lowest BCUT2D eigenvalue weighted by Crippen LogP contribution is -2.46. The first-order valence-electron chi connectivity index (χ1n) is 9.21. The molecule has 0 spiro atoms. The predicted octanol–water partition coefficient (Wildman–Crippen LogP) is 3.19. The minimum atomic E-state index is 0.888. The second kappa shape index (κ2) is 7.12. The van der Waals surface area contributed by atoms with Crippen molar-refractivity contribution < 1.29 is 4.74 Å². The van der Waals surface area contributed by atoms with Crippen molar-refractivity contribution in [3.63, 3.8) is 0 Å². The molecule has 7 nitrogen and oxygen atoms in total. The van der Waals surface area contributed by atoms with E-state index in [0.29, 0.717) is 0 Å². The number of rotatable bonds is 4. The molecule has 4 heterocycles. The van der Waals surface area contributed by atoms with Crippen molar-refractivity contribution in [1.29, 1.82) is 0 Å². The summed E-state index contributed by atoms with van der Waals surface area (Å²) in [7, 11) is 1.69. The van der Waals surface area contributed by atoms with Crippen LogP contribution in [0.4, 0.5) is 10.8 Å². The fourth-order valence-electron chi connectivity index (χ4n) is 3.42. The van der Waals surface area contributed by atoms with Crippen LogP contribution in [0.1, 0.15) is 0 Å². The van der Waals surface area contributed by atoms with Crippen LogP contribution in [0.3, 0.4) is 0 Å². The van der Waals surface area contributed by atoms with Crippen LogP contribution in [0.5, 0.6) is 5.75 Å². The van der Waals surface area contributed by atoms with Gasteiger partial charge >= 0.3 is 0 Å². The van der Waals surface area contributed by atoms with Crippen LogP contribution in [0.15, 0.2) is 55.0 Å². The van der Waals surface area contributed by atoms with E-state index in [-0.39, 0.29) is 0 Å². The molecule has 4 aromatic rings. The molecule has 1 aliphatic heterocycles. The van der Waals surface area contributed by atoms with Gasteiger partial charge < -0.3 is 14.5 Å². The highest BCUT2D eigenvalue weighted by Gasteiger charge is 2.21. The van der Waals surface area contributed by atoms with Gasteiger partial charge in [0.05, 0.1) is 19.0 Å². The number of anilines is 2. The van der Waals surface area contributed by atoms with Crippen LogP contribution in [0.2, 0.25) is 0 Å². The summed E-state index contributed by atoms with van der Waals surface area (Å²) in [5.74, 6) is 0.888. The first-order valence-corrected chi connectivity index (χ1v) is 10.0. The zero-order chi connectivity index (χ0) is 18.9. The third-order valence-corrected chi connectivity index (χ3v) is 5.96. The summed E-state index contributed by atoms with van der Waals surface area (Å²) >= 11 is 1.63. The molecule has 0 radical (unpaired) electrons. The van der Waals surface area contributed by atoms with Gasteiger partial charge in [0, 0.05) is 49.8 Å². The molecule has 0 bridgehead atoms. The maximum absolute atomic E-state index is 5.24. The van der Waals surface area contributed by atoms with Crippen LogP contribution in [0, 0.1) is 0 Å². The number of piperazine rings is 1. The molecule has 8 heteroatoms. The average Bonchev–Trinajstić information content (AvgIpc) is 3.34. The van der Waals surface area contributed by atoms with Crippen molar-refractivity contribution in [3.05, 3.63) is 55.0 Å². The predicted molar refractivity (Wildman–Crippen MR) is 112 cm³/mol. The smallest absolute Gasteiger partial charge is 0.214 e. The molecule has 0 N–H and O–H groups in total.